The van der Waals surface area contributed by atoms with Crippen molar-refractivity contribution in [3.63, 3.8) is 0 Å². The molecule has 0 spiro atoms. The molecule has 0 radical (unpaired) electrons. The van der Waals surface area contributed by atoms with E-state index in [0.29, 0.717) is 0 Å². The van der Waals surface area contributed by atoms with Gasteiger partial charge in [0.1, 0.15) is 0 Å². The van der Waals surface area contributed by atoms with Crippen molar-refractivity contribution in [1.29, 1.82) is 0 Å². The van der Waals surface area contributed by atoms with Gasteiger partial charge in [-0.25, -0.2) is 0 Å². The summed E-state index contributed by atoms with van der Waals surface area (Å²) in [7, 11) is 0. The molecule has 0 bridgehead atoms. The predicted octanol–water partition coefficient (Wildman–Crippen LogP) is -19.4. The van der Waals surface area contributed by atoms with Gasteiger partial charge in [-0.15, -0.1) is 0 Å². The van der Waals surface area contributed by atoms with E-state index in [1.807, 2.05) is 0 Å². The molecule has 44 heteroatoms. The molecule has 16 N–H and O–H groups in total. The fourth-order valence-electron chi connectivity index (χ4n) is 0. The molecule has 44 heavy (non-hydrogen) atoms. The average molecular weight is 1350 g/mol. The van der Waals surface area contributed by atoms with Crippen molar-refractivity contribution >= 4 is 0 Å². The van der Waals surface area contributed by atoms with Crippen LogP contribution in [0, 0.1) is 0 Å². The van der Waals surface area contributed by atoms with Crippen molar-refractivity contribution in [3.05, 3.63) is 0 Å². The van der Waals surface area contributed by atoms with Crippen LogP contribution in [0.5, 0.6) is 0 Å². The number of rotatable bonds is 0. The SMILES string of the molecule is [NH4+].[NH4+].[NH4+].[NH4+].[O]=[Mo](=[O])([O-])[O-].[O]=[Mo](=[O])([O-])[O-].[O]=[Mo](=[O])([O-])[O-].[O]=[Mo](=[O])([O-])[O-].[O]=[Mo](=[O])([O-])[O-].[O]=[Mo](=[O])([O-])[O-].[O]=[Mo](=[O])([O-])[O-].[O]=[Mo](=[O])([O-])[O-]. The van der Waals surface area contributed by atoms with E-state index in [1.54, 1.807) is 0 Å². The van der Waals surface area contributed by atoms with Crippen LogP contribution in [0.1, 0.15) is 0 Å². The Morgan fingerprint density at radius 2 is 0.159 bits per heavy atom. The van der Waals surface area contributed by atoms with Crippen LogP contribution < -0.4 is 84.8 Å². The minimum absolute atomic E-state index is 0. The maximum absolute atomic E-state index is 8.63. The van der Waals surface area contributed by atoms with Crippen LogP contribution in [0.15, 0.2) is 0 Å². The van der Waals surface area contributed by atoms with Crippen molar-refractivity contribution in [3.8, 4) is 0 Å². The zero-order valence-corrected chi connectivity index (χ0v) is 36.4. The summed E-state index contributed by atoms with van der Waals surface area (Å²) in [5.74, 6) is 0. The van der Waals surface area contributed by atoms with E-state index in [9.17, 15) is 0 Å². The molecular weight excluding hydrogens is 1340 g/mol. The Kier molecular flexibility index (Phi) is 62.7. The second-order valence-corrected chi connectivity index (χ2v) is 19.3. The van der Waals surface area contributed by atoms with Gasteiger partial charge in [0.25, 0.3) is 0 Å². The summed E-state index contributed by atoms with van der Waals surface area (Å²) >= 11 is -48.2. The molecule has 0 heterocycles. The quantitative estimate of drug-likeness (QED) is 0.164. The third-order valence-electron chi connectivity index (χ3n) is 0. The number of quaternary nitrogens is 4. The summed E-state index contributed by atoms with van der Waals surface area (Å²) in [6.45, 7) is 0. The van der Waals surface area contributed by atoms with Crippen molar-refractivity contribution in [2.24, 2.45) is 0 Å². The van der Waals surface area contributed by atoms with E-state index >= 15 is 0 Å². The monoisotopic (exact) mass is 1370 g/mol. The Balaban J connectivity index is -0.0000000263. The standard InChI is InChI=1S/8Mo.4H3N.32O/h;;;;;;;;4*1H3;;;;;;;;;;;;;;;;;;;;;;;;;;;;;;;;/q;;;;;;;;;;;;;;;;;;;;;;;;;;;;16*-1/p+4. The molecule has 0 aliphatic rings. The van der Waals surface area contributed by atoms with Gasteiger partial charge in [-0.2, -0.15) is 0 Å². The van der Waals surface area contributed by atoms with Crippen LogP contribution in [0.3, 0.4) is 0 Å². The summed E-state index contributed by atoms with van der Waals surface area (Å²) in [6, 6.07) is 0. The van der Waals surface area contributed by atoms with Gasteiger partial charge in [0.2, 0.25) is 0 Å². The number of hydrogen-bond donors (Lipinski definition) is 4. The van der Waals surface area contributed by atoms with Crippen molar-refractivity contribution in [2.45, 2.75) is 0 Å². The topological polar surface area (TPSA) is 788 Å². The van der Waals surface area contributed by atoms with Crippen molar-refractivity contribution < 1.29 is 248 Å². The molecule has 0 saturated heterocycles. The van der Waals surface area contributed by atoms with Crippen LogP contribution in [0.4, 0.5) is 0 Å². The average Bonchev–Trinajstić information content (AvgIpc) is 2.16. The molecule has 0 amide bonds. The van der Waals surface area contributed by atoms with Crippen LogP contribution in [-0.2, 0) is 188 Å². The normalized spacial score (nSPS) is 10.5. The van der Waals surface area contributed by atoms with Crippen LogP contribution in [0.25, 0.3) is 0 Å². The Morgan fingerprint density at radius 1 is 0.159 bits per heavy atom. The van der Waals surface area contributed by atoms with E-state index in [1.165, 1.54) is 0 Å². The second kappa shape index (κ2) is 34.4. The van der Waals surface area contributed by atoms with E-state index < -0.39 is 134 Å². The van der Waals surface area contributed by atoms with Gasteiger partial charge in [0, 0.05) is 0 Å². The van der Waals surface area contributed by atoms with Crippen LogP contribution in [0.2, 0.25) is 0 Å². The van der Waals surface area contributed by atoms with E-state index in [0.717, 1.165) is 0 Å². The molecule has 0 fully saturated rings. The zero-order valence-electron chi connectivity index (χ0n) is 20.3. The molecule has 288 valence electrons. The molecule has 0 saturated carbocycles. The van der Waals surface area contributed by atoms with Crippen LogP contribution in [-0.4, -0.2) is 0 Å². The van der Waals surface area contributed by atoms with Gasteiger partial charge < -0.3 is 24.6 Å². The fourth-order valence-corrected chi connectivity index (χ4v) is 0. The van der Waals surface area contributed by atoms with Gasteiger partial charge in [0.05, 0.1) is 0 Å². The Morgan fingerprint density at radius 3 is 0.159 bits per heavy atom. The fraction of sp³-hybridized carbons (Fsp3) is 0. The zero-order chi connectivity index (χ0) is 36.0. The summed E-state index contributed by atoms with van der Waals surface area (Å²) in [5.41, 5.74) is 0. The third-order valence-corrected chi connectivity index (χ3v) is 0. The summed E-state index contributed by atoms with van der Waals surface area (Å²) in [5, 5.41) is 0. The molecule has 36 nitrogen and oxygen atoms in total. The van der Waals surface area contributed by atoms with Gasteiger partial charge in [-0.05, 0) is 0 Å². The van der Waals surface area contributed by atoms with E-state index in [-0.39, 0.29) is 24.6 Å². The third kappa shape index (κ3) is 34600. The summed E-state index contributed by atoms with van der Waals surface area (Å²) in [4.78, 5) is 0. The van der Waals surface area contributed by atoms with Crippen LogP contribution >= 0.6 is 0 Å². The molecule has 0 unspecified atom stereocenters. The molecule has 0 aliphatic heterocycles. The van der Waals surface area contributed by atoms with E-state index in [2.05, 4.69) is 0 Å². The van der Waals surface area contributed by atoms with Crippen molar-refractivity contribution in [2.75, 3.05) is 0 Å². The molecule has 0 rings (SSSR count). The number of hydrogen-bond acceptors (Lipinski definition) is 32. The molecule has 0 aromatic carbocycles. The minimum atomic E-state index is -6.02. The van der Waals surface area contributed by atoms with Gasteiger partial charge in [0.15, 0.2) is 0 Å². The first kappa shape index (κ1) is 80.3. The predicted molar refractivity (Wildman–Crippen MR) is 34.9 cm³/mol. The molecule has 0 aromatic rings. The first-order valence-corrected chi connectivity index (χ1v) is 31.6. The van der Waals surface area contributed by atoms with Gasteiger partial charge in [-0.1, -0.05) is 0 Å². The van der Waals surface area contributed by atoms with E-state index in [4.69, 9.17) is 115 Å². The first-order valence-electron chi connectivity index (χ1n) is 5.33. The Labute approximate surface area is 269 Å². The van der Waals surface area contributed by atoms with Crippen molar-refractivity contribution in [1.82, 2.24) is 24.6 Å². The molecule has 0 aromatic heterocycles. The van der Waals surface area contributed by atoms with Gasteiger partial charge >= 0.3 is 248 Å². The maximum atomic E-state index is 8.63. The summed E-state index contributed by atoms with van der Waals surface area (Å²) in [6.07, 6.45) is 0. The first-order chi connectivity index (χ1) is 16.0. The Bertz CT molecular complexity index is 1070. The molecular formula is H16Mo8N4O32-12. The molecule has 0 aliphatic carbocycles. The van der Waals surface area contributed by atoms with Gasteiger partial charge in [-0.3, -0.25) is 0 Å². The second-order valence-electron chi connectivity index (χ2n) is 3.27. The molecule has 0 atom stereocenters. The Hall–Kier alpha value is 1.51. The summed E-state index contributed by atoms with van der Waals surface area (Å²) < 4.78 is 276.